The van der Waals surface area contributed by atoms with E-state index in [-0.39, 0.29) is 24.5 Å². The molecule has 172 valence electrons. The van der Waals surface area contributed by atoms with Crippen molar-refractivity contribution in [1.29, 1.82) is 0 Å². The summed E-state index contributed by atoms with van der Waals surface area (Å²) in [6, 6.07) is 15.1. The van der Waals surface area contributed by atoms with Crippen molar-refractivity contribution >= 4 is 18.0 Å². The Balaban J connectivity index is 1.24. The molecule has 2 amide bonds. The van der Waals surface area contributed by atoms with Crippen molar-refractivity contribution in [3.8, 4) is 11.1 Å². The van der Waals surface area contributed by atoms with Crippen molar-refractivity contribution in [2.45, 2.75) is 50.1 Å². The molecule has 0 aromatic heterocycles. The Labute approximate surface area is 192 Å². The molecule has 0 radical (unpaired) electrons. The van der Waals surface area contributed by atoms with E-state index in [0.717, 1.165) is 41.5 Å². The molecule has 1 aliphatic heterocycles. The lowest BCUT2D eigenvalue weighted by Crippen LogP contribution is -2.61. The van der Waals surface area contributed by atoms with Gasteiger partial charge in [0, 0.05) is 18.5 Å². The standard InChI is InChI=1S/C26H28N2O5/c29-24(30)14-22(25(31)28-13-12-23(28)16-6-5-7-16)27-26(32)33-15-21-19-10-3-1-8-17(19)18-9-2-4-11-20(18)21/h1-4,8-11,16,21-23H,5-7,12-15H2,(H,27,32)(H,29,30). The smallest absolute Gasteiger partial charge is 0.407 e. The van der Waals surface area contributed by atoms with Gasteiger partial charge in [-0.1, -0.05) is 55.0 Å². The number of hydrogen-bond donors (Lipinski definition) is 2. The summed E-state index contributed by atoms with van der Waals surface area (Å²) in [6.07, 6.45) is 3.12. The van der Waals surface area contributed by atoms with Crippen molar-refractivity contribution in [2.24, 2.45) is 5.92 Å². The number of likely N-dealkylation sites (tertiary alicyclic amines) is 1. The molecule has 7 nitrogen and oxygen atoms in total. The molecule has 2 fully saturated rings. The highest BCUT2D eigenvalue weighted by molar-refractivity contribution is 5.90. The zero-order valence-electron chi connectivity index (χ0n) is 18.4. The van der Waals surface area contributed by atoms with Crippen molar-refractivity contribution < 1.29 is 24.2 Å². The second kappa shape index (κ2) is 8.89. The van der Waals surface area contributed by atoms with Gasteiger partial charge in [-0.05, 0) is 47.4 Å². The fraction of sp³-hybridized carbons (Fsp3) is 0.423. The highest BCUT2D eigenvalue weighted by Crippen LogP contribution is 2.44. The first-order valence-electron chi connectivity index (χ1n) is 11.7. The minimum Gasteiger partial charge on any atom is -0.481 e. The van der Waals surface area contributed by atoms with E-state index in [2.05, 4.69) is 17.4 Å². The van der Waals surface area contributed by atoms with E-state index < -0.39 is 24.5 Å². The second-order valence-electron chi connectivity index (χ2n) is 9.20. The topological polar surface area (TPSA) is 95.9 Å². The Morgan fingerprint density at radius 1 is 1.00 bits per heavy atom. The summed E-state index contributed by atoms with van der Waals surface area (Å²) in [5, 5.41) is 11.8. The number of carbonyl (C=O) groups is 3. The van der Waals surface area contributed by atoms with E-state index in [4.69, 9.17) is 4.74 Å². The van der Waals surface area contributed by atoms with Gasteiger partial charge in [-0.15, -0.1) is 0 Å². The van der Waals surface area contributed by atoms with Crippen LogP contribution in [0.25, 0.3) is 11.1 Å². The number of aliphatic carboxylic acids is 1. The van der Waals surface area contributed by atoms with Gasteiger partial charge in [0.25, 0.3) is 0 Å². The fourth-order valence-electron chi connectivity index (χ4n) is 5.35. The van der Waals surface area contributed by atoms with Gasteiger partial charge in [0.15, 0.2) is 0 Å². The number of nitrogens with zero attached hydrogens (tertiary/aromatic N) is 1. The number of carboxylic acid groups (broad SMARTS) is 1. The van der Waals surface area contributed by atoms with Gasteiger partial charge in [-0.2, -0.15) is 0 Å². The second-order valence-corrected chi connectivity index (χ2v) is 9.20. The Morgan fingerprint density at radius 2 is 1.64 bits per heavy atom. The summed E-state index contributed by atoms with van der Waals surface area (Å²) >= 11 is 0. The van der Waals surface area contributed by atoms with Crippen LogP contribution in [-0.2, 0) is 14.3 Å². The molecule has 2 unspecified atom stereocenters. The third-order valence-corrected chi connectivity index (χ3v) is 7.36. The summed E-state index contributed by atoms with van der Waals surface area (Å²) < 4.78 is 5.53. The van der Waals surface area contributed by atoms with E-state index in [9.17, 15) is 19.5 Å². The molecule has 0 spiro atoms. The number of alkyl carbamates (subject to hydrolysis) is 1. The third kappa shape index (κ3) is 4.08. The number of amides is 2. The number of nitrogens with one attached hydrogen (secondary N) is 1. The van der Waals surface area contributed by atoms with Crippen molar-refractivity contribution in [3.05, 3.63) is 59.7 Å². The Hall–Kier alpha value is -3.35. The number of carboxylic acids is 1. The molecule has 2 aliphatic carbocycles. The molecule has 7 heteroatoms. The van der Waals surface area contributed by atoms with Crippen molar-refractivity contribution in [2.75, 3.05) is 13.2 Å². The first-order chi connectivity index (χ1) is 16.0. The van der Waals surface area contributed by atoms with Gasteiger partial charge in [0.05, 0.1) is 6.42 Å². The molecule has 5 rings (SSSR count). The number of rotatable bonds is 7. The molecule has 3 aliphatic rings. The normalized spacial score (nSPS) is 20.1. The van der Waals surface area contributed by atoms with Crippen LogP contribution in [-0.4, -0.2) is 53.2 Å². The summed E-state index contributed by atoms with van der Waals surface area (Å²) in [5.41, 5.74) is 4.43. The summed E-state index contributed by atoms with van der Waals surface area (Å²) in [4.78, 5) is 38.8. The molecular formula is C26H28N2O5. The third-order valence-electron chi connectivity index (χ3n) is 7.36. The van der Waals surface area contributed by atoms with Crippen LogP contribution in [0.5, 0.6) is 0 Å². The molecule has 2 atom stereocenters. The zero-order chi connectivity index (χ0) is 22.9. The molecule has 2 N–H and O–H groups in total. The largest absolute Gasteiger partial charge is 0.481 e. The maximum absolute atomic E-state index is 13.0. The first-order valence-corrected chi connectivity index (χ1v) is 11.7. The Morgan fingerprint density at radius 3 is 2.15 bits per heavy atom. The van der Waals surface area contributed by atoms with Crippen LogP contribution in [0.2, 0.25) is 0 Å². The maximum atomic E-state index is 13.0. The van der Waals surface area contributed by atoms with Crippen LogP contribution in [0.4, 0.5) is 4.79 Å². The lowest BCUT2D eigenvalue weighted by Gasteiger charge is -2.49. The minimum atomic E-state index is -1.13. The van der Waals surface area contributed by atoms with Crippen LogP contribution >= 0.6 is 0 Å². The number of hydrogen-bond acceptors (Lipinski definition) is 4. The summed E-state index contributed by atoms with van der Waals surface area (Å²) in [5.74, 6) is -1.06. The number of fused-ring (bicyclic) bond motifs is 3. The predicted octanol–water partition coefficient (Wildman–Crippen LogP) is 3.77. The number of ether oxygens (including phenoxy) is 1. The van der Waals surface area contributed by atoms with Crippen LogP contribution in [0.15, 0.2) is 48.5 Å². The highest BCUT2D eigenvalue weighted by atomic mass is 16.5. The van der Waals surface area contributed by atoms with E-state index in [1.54, 1.807) is 4.90 Å². The molecule has 33 heavy (non-hydrogen) atoms. The van der Waals surface area contributed by atoms with Gasteiger partial charge in [0.2, 0.25) is 5.91 Å². The average molecular weight is 449 g/mol. The molecule has 1 saturated carbocycles. The van der Waals surface area contributed by atoms with Crippen LogP contribution < -0.4 is 5.32 Å². The Bertz CT molecular complexity index is 1030. The zero-order valence-corrected chi connectivity index (χ0v) is 18.4. The molecule has 0 bridgehead atoms. The van der Waals surface area contributed by atoms with Crippen molar-refractivity contribution in [3.63, 3.8) is 0 Å². The first kappa shape index (κ1) is 21.5. The fourth-order valence-corrected chi connectivity index (χ4v) is 5.35. The minimum absolute atomic E-state index is 0.102. The lowest BCUT2D eigenvalue weighted by atomic mass is 9.74. The maximum Gasteiger partial charge on any atom is 0.407 e. The van der Waals surface area contributed by atoms with Gasteiger partial charge in [0.1, 0.15) is 12.6 Å². The van der Waals surface area contributed by atoms with Gasteiger partial charge in [-0.25, -0.2) is 4.79 Å². The SMILES string of the molecule is O=C(O)CC(NC(=O)OCC1c2ccccc2-c2ccccc21)C(=O)N1CCC1C1CCC1. The summed E-state index contributed by atoms with van der Waals surface area (Å²) in [6.45, 7) is 0.727. The van der Waals surface area contributed by atoms with Crippen LogP contribution in [0.1, 0.15) is 49.1 Å². The van der Waals surface area contributed by atoms with Gasteiger partial charge in [-0.3, -0.25) is 9.59 Å². The van der Waals surface area contributed by atoms with E-state index in [1.165, 1.54) is 6.42 Å². The summed E-state index contributed by atoms with van der Waals surface area (Å²) in [7, 11) is 0. The average Bonchev–Trinajstić information content (AvgIpc) is 3.07. The molecule has 2 aromatic rings. The molecule has 2 aromatic carbocycles. The number of benzene rings is 2. The van der Waals surface area contributed by atoms with Crippen molar-refractivity contribution in [1.82, 2.24) is 10.2 Å². The van der Waals surface area contributed by atoms with Gasteiger partial charge >= 0.3 is 12.1 Å². The van der Waals surface area contributed by atoms with E-state index in [1.807, 2.05) is 36.4 Å². The van der Waals surface area contributed by atoms with E-state index in [0.29, 0.717) is 12.5 Å². The van der Waals surface area contributed by atoms with Crippen LogP contribution in [0.3, 0.4) is 0 Å². The predicted molar refractivity (Wildman–Crippen MR) is 122 cm³/mol. The molecule has 1 heterocycles. The van der Waals surface area contributed by atoms with Crippen LogP contribution in [0, 0.1) is 5.92 Å². The van der Waals surface area contributed by atoms with E-state index >= 15 is 0 Å². The molecule has 1 saturated heterocycles. The van der Waals surface area contributed by atoms with Gasteiger partial charge < -0.3 is 20.1 Å². The quantitative estimate of drug-likeness (QED) is 0.672. The highest BCUT2D eigenvalue weighted by Gasteiger charge is 2.43. The molecular weight excluding hydrogens is 420 g/mol. The monoisotopic (exact) mass is 448 g/mol. The number of carbonyl (C=O) groups excluding carboxylic acids is 2. The lowest BCUT2D eigenvalue weighted by molar-refractivity contribution is -0.149. The Kier molecular flexibility index (Phi) is 5.79.